The molecule has 1 heterocycles. The Morgan fingerprint density at radius 2 is 1.90 bits per heavy atom. The van der Waals surface area contributed by atoms with Gasteiger partial charge in [-0.1, -0.05) is 30.3 Å². The predicted octanol–water partition coefficient (Wildman–Crippen LogP) is -0.905. The third kappa shape index (κ3) is 7.26. The Hall–Kier alpha value is -3.67. The highest BCUT2D eigenvalue weighted by atomic mass is 16.5. The Labute approximate surface area is 178 Å². The van der Waals surface area contributed by atoms with Crippen molar-refractivity contribution in [2.75, 3.05) is 32.7 Å². The van der Waals surface area contributed by atoms with Gasteiger partial charge in [0.15, 0.2) is 0 Å². The molecule has 1 aromatic carbocycles. The molecular weight excluding hydrogens is 410 g/mol. The largest absolute Gasteiger partial charge is 0.480 e. The smallest absolute Gasteiger partial charge is 0.408 e. The van der Waals surface area contributed by atoms with Crippen LogP contribution in [0.15, 0.2) is 30.3 Å². The number of ether oxygens (including phenoxy) is 1. The molecule has 0 aliphatic carbocycles. The molecular formula is C19H25N5O7. The molecule has 0 unspecified atom stereocenters. The minimum absolute atomic E-state index is 0.0504. The summed E-state index contributed by atoms with van der Waals surface area (Å²) in [4.78, 5) is 61.5. The number of aliphatic carboxylic acids is 1. The molecule has 5 N–H and O–H groups in total. The zero-order chi connectivity index (χ0) is 22.8. The number of amides is 5. The van der Waals surface area contributed by atoms with Crippen molar-refractivity contribution in [3.05, 3.63) is 35.9 Å². The fourth-order valence-corrected chi connectivity index (χ4v) is 2.73. The van der Waals surface area contributed by atoms with Gasteiger partial charge in [-0.15, -0.1) is 0 Å². The first kappa shape index (κ1) is 23.6. The van der Waals surface area contributed by atoms with E-state index in [4.69, 9.17) is 10.5 Å². The molecule has 1 aromatic rings. The van der Waals surface area contributed by atoms with Gasteiger partial charge >= 0.3 is 18.1 Å². The maximum absolute atomic E-state index is 12.2. The average Bonchev–Trinajstić information content (AvgIpc) is 3.01. The highest BCUT2D eigenvalue weighted by Crippen LogP contribution is 2.10. The van der Waals surface area contributed by atoms with Gasteiger partial charge in [0, 0.05) is 13.1 Å². The summed E-state index contributed by atoms with van der Waals surface area (Å²) < 4.78 is 4.96. The van der Waals surface area contributed by atoms with Gasteiger partial charge in [-0.3, -0.25) is 14.5 Å². The lowest BCUT2D eigenvalue weighted by Crippen LogP contribution is -2.50. The van der Waals surface area contributed by atoms with Crippen LogP contribution in [0.5, 0.6) is 0 Å². The maximum Gasteiger partial charge on any atom is 0.408 e. The monoisotopic (exact) mass is 435 g/mol. The van der Waals surface area contributed by atoms with Crippen LogP contribution in [0.1, 0.15) is 12.0 Å². The van der Waals surface area contributed by atoms with Crippen LogP contribution >= 0.6 is 0 Å². The first-order valence-corrected chi connectivity index (χ1v) is 9.58. The highest BCUT2D eigenvalue weighted by Gasteiger charge is 2.36. The van der Waals surface area contributed by atoms with Gasteiger partial charge in [0.1, 0.15) is 25.7 Å². The summed E-state index contributed by atoms with van der Waals surface area (Å²) in [5.41, 5.74) is 6.11. The second kappa shape index (κ2) is 11.5. The molecule has 5 amide bonds. The molecule has 0 bridgehead atoms. The van der Waals surface area contributed by atoms with Crippen LogP contribution in [0.25, 0.3) is 0 Å². The van der Waals surface area contributed by atoms with Crippen LogP contribution in [-0.2, 0) is 25.7 Å². The van der Waals surface area contributed by atoms with Crippen LogP contribution < -0.4 is 16.4 Å². The number of hydrogen-bond donors (Lipinski definition) is 4. The van der Waals surface area contributed by atoms with E-state index in [0.29, 0.717) is 19.5 Å². The van der Waals surface area contributed by atoms with E-state index in [1.807, 2.05) is 0 Å². The zero-order valence-electron chi connectivity index (χ0n) is 16.8. The molecule has 0 radical (unpaired) electrons. The van der Waals surface area contributed by atoms with E-state index in [-0.39, 0.29) is 13.2 Å². The van der Waals surface area contributed by atoms with Crippen LogP contribution in [-0.4, -0.2) is 83.6 Å². The second-order valence-electron chi connectivity index (χ2n) is 6.73. The fraction of sp³-hybridized carbons (Fsp3) is 0.421. The van der Waals surface area contributed by atoms with Crippen molar-refractivity contribution < 1.29 is 33.8 Å². The third-order valence-corrected chi connectivity index (χ3v) is 4.37. The SMILES string of the molecule is NCCCN1CC(=O)N(CC(=O)NC[C@H](NC(=O)OCc2ccccc2)C(=O)O)C1=O. The van der Waals surface area contributed by atoms with Gasteiger partial charge in [-0.05, 0) is 18.5 Å². The summed E-state index contributed by atoms with van der Waals surface area (Å²) >= 11 is 0. The summed E-state index contributed by atoms with van der Waals surface area (Å²) in [5.74, 6) is -2.67. The van der Waals surface area contributed by atoms with Crippen LogP contribution in [0.2, 0.25) is 0 Å². The van der Waals surface area contributed by atoms with Crippen LogP contribution in [0, 0.1) is 0 Å². The van der Waals surface area contributed by atoms with Crippen LogP contribution in [0.4, 0.5) is 9.59 Å². The van der Waals surface area contributed by atoms with Gasteiger partial charge < -0.3 is 31.1 Å². The van der Waals surface area contributed by atoms with Crippen LogP contribution in [0.3, 0.4) is 0 Å². The van der Waals surface area contributed by atoms with E-state index in [0.717, 1.165) is 10.5 Å². The number of carboxylic acids is 1. The van der Waals surface area contributed by atoms with Gasteiger partial charge in [0.2, 0.25) is 5.91 Å². The first-order valence-electron chi connectivity index (χ1n) is 9.58. The maximum atomic E-state index is 12.2. The minimum Gasteiger partial charge on any atom is -0.480 e. The number of nitrogens with zero attached hydrogens (tertiary/aromatic N) is 2. The molecule has 31 heavy (non-hydrogen) atoms. The number of carbonyl (C=O) groups is 5. The number of carbonyl (C=O) groups excluding carboxylic acids is 4. The van der Waals surface area contributed by atoms with E-state index < -0.39 is 49.0 Å². The number of rotatable bonds is 11. The summed E-state index contributed by atoms with van der Waals surface area (Å²) in [5, 5.41) is 13.7. The molecule has 1 saturated heterocycles. The van der Waals surface area contributed by atoms with Gasteiger partial charge in [0.05, 0.1) is 0 Å². The average molecular weight is 435 g/mol. The lowest BCUT2D eigenvalue weighted by molar-refractivity contribution is -0.139. The fourth-order valence-electron chi connectivity index (χ4n) is 2.73. The molecule has 12 nitrogen and oxygen atoms in total. The molecule has 1 fully saturated rings. The Bertz CT molecular complexity index is 817. The molecule has 0 spiro atoms. The number of imide groups is 1. The van der Waals surface area contributed by atoms with E-state index in [2.05, 4.69) is 10.6 Å². The summed E-state index contributed by atoms with van der Waals surface area (Å²) in [6, 6.07) is 6.73. The quantitative estimate of drug-likeness (QED) is 0.324. The molecule has 0 saturated carbocycles. The molecule has 168 valence electrons. The van der Waals surface area contributed by atoms with Gasteiger partial charge in [0.25, 0.3) is 5.91 Å². The predicted molar refractivity (Wildman–Crippen MR) is 107 cm³/mol. The lowest BCUT2D eigenvalue weighted by Gasteiger charge is -2.18. The summed E-state index contributed by atoms with van der Waals surface area (Å²) in [7, 11) is 0. The van der Waals surface area contributed by atoms with Crippen molar-refractivity contribution in [2.24, 2.45) is 5.73 Å². The van der Waals surface area contributed by atoms with Crippen molar-refractivity contribution in [1.82, 2.24) is 20.4 Å². The standard InChI is InChI=1S/C19H25N5O7/c20-7-4-8-23-11-16(26)24(19(23)30)10-15(25)21-9-14(17(27)28)22-18(29)31-12-13-5-2-1-3-6-13/h1-3,5-6,14H,4,7-12,20H2,(H,21,25)(H,22,29)(H,27,28)/t14-/m0/s1. The van der Waals surface area contributed by atoms with E-state index in [1.54, 1.807) is 30.3 Å². The molecule has 2 rings (SSSR count). The number of nitrogens with one attached hydrogen (secondary N) is 2. The lowest BCUT2D eigenvalue weighted by atomic mass is 10.2. The van der Waals surface area contributed by atoms with Crippen molar-refractivity contribution in [1.29, 1.82) is 0 Å². The Kier molecular flexibility index (Phi) is 8.76. The second-order valence-corrected chi connectivity index (χ2v) is 6.73. The molecule has 1 aliphatic rings. The number of alkyl carbamates (subject to hydrolysis) is 1. The van der Waals surface area contributed by atoms with E-state index in [1.165, 1.54) is 4.90 Å². The summed E-state index contributed by atoms with van der Waals surface area (Å²) in [6.07, 6.45) is -0.447. The number of urea groups is 1. The molecule has 12 heteroatoms. The van der Waals surface area contributed by atoms with Crippen molar-refractivity contribution in [2.45, 2.75) is 19.1 Å². The first-order chi connectivity index (χ1) is 14.8. The molecule has 1 aliphatic heterocycles. The van der Waals surface area contributed by atoms with E-state index in [9.17, 15) is 29.1 Å². The Balaban J connectivity index is 1.79. The molecule has 1 atom stereocenters. The summed E-state index contributed by atoms with van der Waals surface area (Å²) in [6.45, 7) is -0.543. The minimum atomic E-state index is -1.46. The molecule has 0 aromatic heterocycles. The van der Waals surface area contributed by atoms with Crippen molar-refractivity contribution in [3.8, 4) is 0 Å². The van der Waals surface area contributed by atoms with Gasteiger partial charge in [-0.2, -0.15) is 0 Å². The van der Waals surface area contributed by atoms with Crippen molar-refractivity contribution in [3.63, 3.8) is 0 Å². The third-order valence-electron chi connectivity index (χ3n) is 4.37. The zero-order valence-corrected chi connectivity index (χ0v) is 16.8. The number of nitrogens with two attached hydrogens (primary N) is 1. The normalized spacial score (nSPS) is 14.4. The van der Waals surface area contributed by atoms with Gasteiger partial charge in [-0.25, -0.2) is 14.4 Å². The highest BCUT2D eigenvalue weighted by molar-refractivity contribution is 6.04. The van der Waals surface area contributed by atoms with E-state index >= 15 is 0 Å². The van der Waals surface area contributed by atoms with Crippen molar-refractivity contribution >= 4 is 29.9 Å². The Morgan fingerprint density at radius 3 is 2.55 bits per heavy atom. The number of carboxylic acid groups (broad SMARTS) is 1. The number of benzene rings is 1. The topological polar surface area (TPSA) is 171 Å². The Morgan fingerprint density at radius 1 is 1.19 bits per heavy atom. The number of hydrogen-bond acceptors (Lipinski definition) is 7.